The summed E-state index contributed by atoms with van der Waals surface area (Å²) in [7, 11) is 0. The van der Waals surface area contributed by atoms with Gasteiger partial charge in [0.15, 0.2) is 0 Å². The van der Waals surface area contributed by atoms with Gasteiger partial charge in [-0.05, 0) is 43.5 Å². The number of aromatic carboxylic acids is 1. The van der Waals surface area contributed by atoms with Crippen LogP contribution in [-0.4, -0.2) is 16.1 Å². The number of carboxylic acids is 1. The Balaban J connectivity index is 2.20. The van der Waals surface area contributed by atoms with Crippen LogP contribution in [-0.2, 0) is 0 Å². The summed E-state index contributed by atoms with van der Waals surface area (Å²) in [5.41, 5.74) is 2.46. The summed E-state index contributed by atoms with van der Waals surface area (Å²) < 4.78 is 13.9. The molecule has 3 nitrogen and oxygen atoms in total. The zero-order chi connectivity index (χ0) is 14.3. The molecule has 0 spiro atoms. The number of benzene rings is 1. The molecule has 2 aromatic rings. The highest BCUT2D eigenvalue weighted by Gasteiger charge is 2.30. The molecule has 0 aliphatic heterocycles. The molecule has 20 heavy (non-hydrogen) atoms. The van der Waals surface area contributed by atoms with Crippen LogP contribution in [0.15, 0.2) is 30.3 Å². The molecule has 0 bridgehead atoms. The number of aryl methyl sites for hydroxylation is 1. The van der Waals surface area contributed by atoms with Crippen molar-refractivity contribution in [2.75, 3.05) is 0 Å². The molecule has 1 N–H and O–H groups in total. The lowest BCUT2D eigenvalue weighted by Crippen LogP contribution is -2.07. The van der Waals surface area contributed by atoms with Crippen molar-refractivity contribution in [3.63, 3.8) is 0 Å². The first-order valence-electron chi connectivity index (χ1n) is 6.57. The van der Waals surface area contributed by atoms with E-state index < -0.39 is 5.97 Å². The smallest absolute Gasteiger partial charge is 0.337 e. The Morgan fingerprint density at radius 3 is 2.65 bits per heavy atom. The molecule has 0 amide bonds. The van der Waals surface area contributed by atoms with E-state index in [0.717, 1.165) is 12.8 Å². The van der Waals surface area contributed by atoms with Crippen LogP contribution in [0.25, 0.3) is 11.3 Å². The van der Waals surface area contributed by atoms with E-state index in [9.17, 15) is 14.3 Å². The van der Waals surface area contributed by atoms with Gasteiger partial charge in [0.05, 0.1) is 17.0 Å². The zero-order valence-corrected chi connectivity index (χ0v) is 11.1. The standard InChI is InChI=1S/C16H14FNO2/c1-9-8-12(16(19)20)15(10-6-7-10)18-14(9)11-4-2-3-5-13(11)17/h2-5,8,10H,6-7H2,1H3,(H,19,20). The highest BCUT2D eigenvalue weighted by atomic mass is 19.1. The topological polar surface area (TPSA) is 50.2 Å². The first-order valence-corrected chi connectivity index (χ1v) is 6.57. The summed E-state index contributed by atoms with van der Waals surface area (Å²) in [4.78, 5) is 15.8. The lowest BCUT2D eigenvalue weighted by molar-refractivity contribution is 0.0695. The van der Waals surface area contributed by atoms with Gasteiger partial charge in [0.2, 0.25) is 0 Å². The molecule has 0 radical (unpaired) electrons. The van der Waals surface area contributed by atoms with Gasteiger partial charge in [0, 0.05) is 11.5 Å². The first kappa shape index (κ1) is 12.8. The fourth-order valence-corrected chi connectivity index (χ4v) is 2.39. The second kappa shape index (κ2) is 4.71. The van der Waals surface area contributed by atoms with Gasteiger partial charge in [-0.25, -0.2) is 9.18 Å². The highest BCUT2D eigenvalue weighted by molar-refractivity contribution is 5.90. The fourth-order valence-electron chi connectivity index (χ4n) is 2.39. The molecule has 1 aromatic carbocycles. The van der Waals surface area contributed by atoms with Crippen LogP contribution in [0, 0.1) is 12.7 Å². The molecule has 1 saturated carbocycles. The largest absolute Gasteiger partial charge is 0.478 e. The predicted octanol–water partition coefficient (Wildman–Crippen LogP) is 3.77. The molecule has 0 atom stereocenters. The Bertz CT molecular complexity index is 693. The maximum Gasteiger partial charge on any atom is 0.337 e. The third-order valence-corrected chi connectivity index (χ3v) is 3.57. The number of halogens is 1. The SMILES string of the molecule is Cc1cc(C(=O)O)c(C2CC2)nc1-c1ccccc1F. The molecule has 1 aromatic heterocycles. The van der Waals surface area contributed by atoms with Gasteiger partial charge in [0.1, 0.15) is 5.82 Å². The van der Waals surface area contributed by atoms with Gasteiger partial charge >= 0.3 is 5.97 Å². The number of nitrogens with zero attached hydrogens (tertiary/aromatic N) is 1. The van der Waals surface area contributed by atoms with Crippen LogP contribution in [0.1, 0.15) is 40.4 Å². The number of rotatable bonds is 3. The summed E-state index contributed by atoms with van der Waals surface area (Å²) in [5.74, 6) is -1.11. The normalized spacial score (nSPS) is 14.3. The number of pyridine rings is 1. The van der Waals surface area contributed by atoms with E-state index in [1.54, 1.807) is 31.2 Å². The zero-order valence-electron chi connectivity index (χ0n) is 11.1. The number of hydrogen-bond donors (Lipinski definition) is 1. The molecule has 3 rings (SSSR count). The quantitative estimate of drug-likeness (QED) is 0.924. The van der Waals surface area contributed by atoms with Crippen LogP contribution in [0.2, 0.25) is 0 Å². The molecule has 1 heterocycles. The number of aromatic nitrogens is 1. The van der Waals surface area contributed by atoms with E-state index in [1.807, 2.05) is 0 Å². The molecule has 0 unspecified atom stereocenters. The highest BCUT2D eigenvalue weighted by Crippen LogP contribution is 2.42. The summed E-state index contributed by atoms with van der Waals surface area (Å²) in [6, 6.07) is 8.04. The molecule has 4 heteroatoms. The summed E-state index contributed by atoms with van der Waals surface area (Å²) in [6.45, 7) is 1.76. The van der Waals surface area contributed by atoms with E-state index in [0.29, 0.717) is 22.5 Å². The van der Waals surface area contributed by atoms with Crippen LogP contribution >= 0.6 is 0 Å². The summed E-state index contributed by atoms with van der Waals surface area (Å²) in [6.07, 6.45) is 1.90. The van der Waals surface area contributed by atoms with E-state index in [1.165, 1.54) is 6.07 Å². The molecular weight excluding hydrogens is 257 g/mol. The Hall–Kier alpha value is -2.23. The first-order chi connectivity index (χ1) is 9.58. The van der Waals surface area contributed by atoms with Crippen LogP contribution in [0.3, 0.4) is 0 Å². The van der Waals surface area contributed by atoms with Gasteiger partial charge in [-0.1, -0.05) is 12.1 Å². The van der Waals surface area contributed by atoms with E-state index in [4.69, 9.17) is 0 Å². The van der Waals surface area contributed by atoms with E-state index in [-0.39, 0.29) is 17.3 Å². The minimum Gasteiger partial charge on any atom is -0.478 e. The van der Waals surface area contributed by atoms with Crippen LogP contribution in [0.5, 0.6) is 0 Å². The molecule has 1 fully saturated rings. The Morgan fingerprint density at radius 1 is 1.35 bits per heavy atom. The number of carbonyl (C=O) groups is 1. The molecule has 102 valence electrons. The van der Waals surface area contributed by atoms with Crippen molar-refractivity contribution in [1.29, 1.82) is 0 Å². The van der Waals surface area contributed by atoms with E-state index in [2.05, 4.69) is 4.98 Å². The van der Waals surface area contributed by atoms with Crippen molar-refractivity contribution in [3.8, 4) is 11.3 Å². The van der Waals surface area contributed by atoms with Crippen molar-refractivity contribution in [1.82, 2.24) is 4.98 Å². The van der Waals surface area contributed by atoms with Crippen molar-refractivity contribution in [2.24, 2.45) is 0 Å². The Labute approximate surface area is 116 Å². The minimum absolute atomic E-state index is 0.201. The number of hydrogen-bond acceptors (Lipinski definition) is 2. The van der Waals surface area contributed by atoms with E-state index >= 15 is 0 Å². The van der Waals surface area contributed by atoms with Crippen molar-refractivity contribution < 1.29 is 14.3 Å². The van der Waals surface area contributed by atoms with Gasteiger partial charge in [0.25, 0.3) is 0 Å². The van der Waals surface area contributed by atoms with Crippen molar-refractivity contribution in [2.45, 2.75) is 25.7 Å². The monoisotopic (exact) mass is 271 g/mol. The summed E-state index contributed by atoms with van der Waals surface area (Å²) in [5, 5.41) is 9.27. The van der Waals surface area contributed by atoms with Crippen LogP contribution in [0.4, 0.5) is 4.39 Å². The van der Waals surface area contributed by atoms with Crippen LogP contribution < -0.4 is 0 Å². The average Bonchev–Trinajstić information content (AvgIpc) is 3.23. The Kier molecular flexibility index (Phi) is 3.01. The third kappa shape index (κ3) is 2.18. The molecule has 1 aliphatic rings. The maximum atomic E-state index is 13.9. The fraction of sp³-hybridized carbons (Fsp3) is 0.250. The second-order valence-corrected chi connectivity index (χ2v) is 5.15. The predicted molar refractivity (Wildman–Crippen MR) is 73.3 cm³/mol. The van der Waals surface area contributed by atoms with Crippen molar-refractivity contribution >= 4 is 5.97 Å². The lowest BCUT2D eigenvalue weighted by atomic mass is 10.0. The Morgan fingerprint density at radius 2 is 2.05 bits per heavy atom. The second-order valence-electron chi connectivity index (χ2n) is 5.15. The van der Waals surface area contributed by atoms with Gasteiger partial charge in [-0.15, -0.1) is 0 Å². The maximum absolute atomic E-state index is 13.9. The van der Waals surface area contributed by atoms with Crippen molar-refractivity contribution in [3.05, 3.63) is 53.0 Å². The molecule has 0 saturated heterocycles. The average molecular weight is 271 g/mol. The minimum atomic E-state index is -0.970. The number of carboxylic acid groups (broad SMARTS) is 1. The molecule has 1 aliphatic carbocycles. The lowest BCUT2D eigenvalue weighted by Gasteiger charge is -2.11. The third-order valence-electron chi connectivity index (χ3n) is 3.57. The summed E-state index contributed by atoms with van der Waals surface area (Å²) >= 11 is 0. The van der Waals surface area contributed by atoms with Gasteiger partial charge < -0.3 is 5.11 Å². The van der Waals surface area contributed by atoms with Gasteiger partial charge in [-0.2, -0.15) is 0 Å². The van der Waals surface area contributed by atoms with Gasteiger partial charge in [-0.3, -0.25) is 4.98 Å². The molecular formula is C16H14FNO2.